The van der Waals surface area contributed by atoms with Gasteiger partial charge >= 0.3 is 0 Å². The Bertz CT molecular complexity index is 366. The number of likely N-dealkylation sites (N-methyl/N-ethyl adjacent to an activating group) is 1. The second kappa shape index (κ2) is 7.52. The smallest absolute Gasteiger partial charge is 0.0615 e. The molecule has 2 N–H and O–H groups in total. The molecule has 102 valence electrons. The molecule has 3 heteroatoms. The van der Waals surface area contributed by atoms with Crippen LogP contribution in [0.15, 0.2) is 18.2 Å². The molecule has 1 rings (SSSR count). The van der Waals surface area contributed by atoms with E-state index in [1.54, 1.807) is 7.11 Å². The van der Waals surface area contributed by atoms with Gasteiger partial charge in [-0.1, -0.05) is 25.1 Å². The molecule has 0 spiro atoms. The SMILES string of the molecule is CCN(Cc1ccc(CN)cc1C)C(C)COC. The molecule has 0 aliphatic carbocycles. The van der Waals surface area contributed by atoms with Crippen molar-refractivity contribution < 1.29 is 4.74 Å². The monoisotopic (exact) mass is 250 g/mol. The van der Waals surface area contributed by atoms with Crippen LogP contribution in [0.5, 0.6) is 0 Å². The average Bonchev–Trinajstić information content (AvgIpc) is 2.37. The summed E-state index contributed by atoms with van der Waals surface area (Å²) in [4.78, 5) is 2.42. The van der Waals surface area contributed by atoms with Crippen LogP contribution < -0.4 is 5.73 Å². The van der Waals surface area contributed by atoms with Gasteiger partial charge in [0.25, 0.3) is 0 Å². The maximum atomic E-state index is 5.66. The van der Waals surface area contributed by atoms with Crippen LogP contribution in [-0.2, 0) is 17.8 Å². The van der Waals surface area contributed by atoms with Crippen molar-refractivity contribution in [2.24, 2.45) is 5.73 Å². The molecule has 0 bridgehead atoms. The highest BCUT2D eigenvalue weighted by Gasteiger charge is 2.13. The van der Waals surface area contributed by atoms with Crippen molar-refractivity contribution >= 4 is 0 Å². The normalized spacial score (nSPS) is 13.0. The van der Waals surface area contributed by atoms with Gasteiger partial charge in [-0.2, -0.15) is 0 Å². The first kappa shape index (κ1) is 15.2. The summed E-state index contributed by atoms with van der Waals surface area (Å²) in [5.74, 6) is 0. The minimum Gasteiger partial charge on any atom is -0.383 e. The number of hydrogen-bond donors (Lipinski definition) is 1. The van der Waals surface area contributed by atoms with Gasteiger partial charge in [-0.05, 0) is 37.1 Å². The molecule has 0 fully saturated rings. The summed E-state index contributed by atoms with van der Waals surface area (Å²) in [7, 11) is 1.76. The first-order chi connectivity index (χ1) is 8.62. The summed E-state index contributed by atoms with van der Waals surface area (Å²) in [6.45, 7) is 9.93. The van der Waals surface area contributed by atoms with Gasteiger partial charge in [-0.3, -0.25) is 4.90 Å². The van der Waals surface area contributed by atoms with Gasteiger partial charge in [0.05, 0.1) is 6.61 Å². The molecule has 0 amide bonds. The van der Waals surface area contributed by atoms with Gasteiger partial charge < -0.3 is 10.5 Å². The quantitative estimate of drug-likeness (QED) is 0.807. The summed E-state index contributed by atoms with van der Waals surface area (Å²) in [6.07, 6.45) is 0. The molecule has 0 saturated heterocycles. The van der Waals surface area contributed by atoms with Crippen molar-refractivity contribution in [1.82, 2.24) is 4.90 Å². The van der Waals surface area contributed by atoms with Crippen LogP contribution in [0.3, 0.4) is 0 Å². The van der Waals surface area contributed by atoms with E-state index in [0.717, 1.165) is 19.7 Å². The lowest BCUT2D eigenvalue weighted by molar-refractivity contribution is 0.0981. The lowest BCUT2D eigenvalue weighted by Gasteiger charge is -2.28. The summed E-state index contributed by atoms with van der Waals surface area (Å²) in [6, 6.07) is 6.94. The molecular formula is C15H26N2O. The average molecular weight is 250 g/mol. The van der Waals surface area contributed by atoms with Gasteiger partial charge in [0.1, 0.15) is 0 Å². The fraction of sp³-hybridized carbons (Fsp3) is 0.600. The van der Waals surface area contributed by atoms with E-state index in [1.165, 1.54) is 16.7 Å². The number of hydrogen-bond acceptors (Lipinski definition) is 3. The van der Waals surface area contributed by atoms with Gasteiger partial charge in [0, 0.05) is 26.2 Å². The highest BCUT2D eigenvalue weighted by Crippen LogP contribution is 2.15. The van der Waals surface area contributed by atoms with Crippen LogP contribution >= 0.6 is 0 Å². The highest BCUT2D eigenvalue weighted by molar-refractivity contribution is 5.31. The Hall–Kier alpha value is -0.900. The molecule has 3 nitrogen and oxygen atoms in total. The zero-order valence-electron chi connectivity index (χ0n) is 12.1. The van der Waals surface area contributed by atoms with Crippen LogP contribution in [-0.4, -0.2) is 31.2 Å². The predicted octanol–water partition coefficient (Wildman–Crippen LogP) is 2.31. The highest BCUT2D eigenvalue weighted by atomic mass is 16.5. The number of ether oxygens (including phenoxy) is 1. The number of nitrogens with two attached hydrogens (primary N) is 1. The molecule has 0 aliphatic rings. The largest absolute Gasteiger partial charge is 0.383 e. The molecule has 1 aromatic carbocycles. The van der Waals surface area contributed by atoms with Crippen molar-refractivity contribution in [2.75, 3.05) is 20.3 Å². The van der Waals surface area contributed by atoms with Crippen molar-refractivity contribution in [1.29, 1.82) is 0 Å². The fourth-order valence-electron chi connectivity index (χ4n) is 2.21. The number of benzene rings is 1. The number of rotatable bonds is 7. The Morgan fingerprint density at radius 1 is 1.39 bits per heavy atom. The van der Waals surface area contributed by atoms with Crippen LogP contribution in [0.25, 0.3) is 0 Å². The van der Waals surface area contributed by atoms with Gasteiger partial charge in [0.2, 0.25) is 0 Å². The van der Waals surface area contributed by atoms with E-state index >= 15 is 0 Å². The van der Waals surface area contributed by atoms with E-state index in [0.29, 0.717) is 12.6 Å². The lowest BCUT2D eigenvalue weighted by Crippen LogP contribution is -2.35. The molecule has 0 heterocycles. The second-order valence-electron chi connectivity index (χ2n) is 4.83. The van der Waals surface area contributed by atoms with Gasteiger partial charge in [-0.15, -0.1) is 0 Å². The third-order valence-corrected chi connectivity index (χ3v) is 3.45. The van der Waals surface area contributed by atoms with Crippen LogP contribution in [0.1, 0.15) is 30.5 Å². The van der Waals surface area contributed by atoms with Crippen LogP contribution in [0.2, 0.25) is 0 Å². The van der Waals surface area contributed by atoms with Gasteiger partial charge in [0.15, 0.2) is 0 Å². The van der Waals surface area contributed by atoms with E-state index < -0.39 is 0 Å². The molecule has 0 aliphatic heterocycles. The van der Waals surface area contributed by atoms with E-state index in [4.69, 9.17) is 10.5 Å². The van der Waals surface area contributed by atoms with E-state index in [2.05, 4.69) is 43.9 Å². The first-order valence-corrected chi connectivity index (χ1v) is 6.63. The Kier molecular flexibility index (Phi) is 6.33. The maximum absolute atomic E-state index is 5.66. The summed E-state index contributed by atoms with van der Waals surface area (Å²) in [5, 5.41) is 0. The summed E-state index contributed by atoms with van der Waals surface area (Å²) in [5.41, 5.74) is 9.55. The van der Waals surface area contributed by atoms with E-state index in [-0.39, 0.29) is 0 Å². The third-order valence-electron chi connectivity index (χ3n) is 3.45. The third kappa shape index (κ3) is 4.09. The van der Waals surface area contributed by atoms with Crippen LogP contribution in [0, 0.1) is 6.92 Å². The van der Waals surface area contributed by atoms with E-state index in [1.807, 2.05) is 0 Å². The Morgan fingerprint density at radius 2 is 2.11 bits per heavy atom. The first-order valence-electron chi connectivity index (χ1n) is 6.63. The van der Waals surface area contributed by atoms with E-state index in [9.17, 15) is 0 Å². The summed E-state index contributed by atoms with van der Waals surface area (Å²) < 4.78 is 5.23. The van der Waals surface area contributed by atoms with Gasteiger partial charge in [-0.25, -0.2) is 0 Å². The number of aryl methyl sites for hydroxylation is 1. The topological polar surface area (TPSA) is 38.5 Å². The van der Waals surface area contributed by atoms with Crippen molar-refractivity contribution in [3.63, 3.8) is 0 Å². The molecule has 18 heavy (non-hydrogen) atoms. The molecule has 0 saturated carbocycles. The zero-order chi connectivity index (χ0) is 13.5. The minimum atomic E-state index is 0.439. The van der Waals surface area contributed by atoms with Crippen LogP contribution in [0.4, 0.5) is 0 Å². The predicted molar refractivity (Wildman–Crippen MR) is 76.5 cm³/mol. The molecule has 1 aromatic rings. The standard InChI is InChI=1S/C15H26N2O/c1-5-17(13(3)11-18-4)10-15-7-6-14(9-16)8-12(15)2/h6-8,13H,5,9-11,16H2,1-4H3. The Morgan fingerprint density at radius 3 is 2.61 bits per heavy atom. The Labute approximate surface area is 111 Å². The molecule has 0 aromatic heterocycles. The Balaban J connectivity index is 2.75. The van der Waals surface area contributed by atoms with Crippen molar-refractivity contribution in [3.8, 4) is 0 Å². The van der Waals surface area contributed by atoms with Crippen molar-refractivity contribution in [3.05, 3.63) is 34.9 Å². The molecule has 1 atom stereocenters. The molecule has 0 radical (unpaired) electrons. The molecule has 1 unspecified atom stereocenters. The van der Waals surface area contributed by atoms with Crippen molar-refractivity contribution in [2.45, 2.75) is 39.9 Å². The second-order valence-corrected chi connectivity index (χ2v) is 4.83. The zero-order valence-corrected chi connectivity index (χ0v) is 12.1. The lowest BCUT2D eigenvalue weighted by atomic mass is 10.0. The minimum absolute atomic E-state index is 0.439. The number of methoxy groups -OCH3 is 1. The fourth-order valence-corrected chi connectivity index (χ4v) is 2.21. The molecular weight excluding hydrogens is 224 g/mol. The number of nitrogens with zero attached hydrogens (tertiary/aromatic N) is 1. The summed E-state index contributed by atoms with van der Waals surface area (Å²) >= 11 is 0. The maximum Gasteiger partial charge on any atom is 0.0615 e.